The second-order valence-electron chi connectivity index (χ2n) is 4.56. The summed E-state index contributed by atoms with van der Waals surface area (Å²) in [6.45, 7) is 0. The number of benzene rings is 1. The van der Waals surface area contributed by atoms with E-state index in [4.69, 9.17) is 60.6 Å². The van der Waals surface area contributed by atoms with E-state index in [1.54, 1.807) is 12.1 Å². The van der Waals surface area contributed by atoms with Crippen LogP contribution in [0.4, 0.5) is 5.69 Å². The van der Waals surface area contributed by atoms with Crippen molar-refractivity contribution >= 4 is 58.0 Å². The van der Waals surface area contributed by atoms with E-state index < -0.39 is 5.91 Å². The number of hydrogen-bond donors (Lipinski definition) is 1. The molecule has 0 atom stereocenters. The molecule has 1 heterocycles. The van der Waals surface area contributed by atoms with Crippen LogP contribution in [0.2, 0.25) is 20.2 Å². The third-order valence-corrected chi connectivity index (χ3v) is 4.80. The predicted octanol–water partition coefficient (Wildman–Crippen LogP) is 4.97. The van der Waals surface area contributed by atoms with Gasteiger partial charge in [-0.3, -0.25) is 4.79 Å². The number of ether oxygens (including phenoxy) is 3. The summed E-state index contributed by atoms with van der Waals surface area (Å²) in [7, 11) is 4.39. The highest BCUT2D eigenvalue weighted by Gasteiger charge is 2.21. The van der Waals surface area contributed by atoms with E-state index in [-0.39, 0.29) is 25.9 Å². The van der Waals surface area contributed by atoms with E-state index in [0.29, 0.717) is 22.9 Å². The van der Waals surface area contributed by atoms with Crippen molar-refractivity contribution in [3.63, 3.8) is 0 Å². The van der Waals surface area contributed by atoms with E-state index in [0.717, 1.165) is 0 Å². The van der Waals surface area contributed by atoms with Gasteiger partial charge in [-0.15, -0.1) is 0 Å². The van der Waals surface area contributed by atoms with Gasteiger partial charge in [0.25, 0.3) is 5.91 Å². The quantitative estimate of drug-likeness (QED) is 0.684. The SMILES string of the molecule is COc1cc(NC(=O)c2nc(Cl)c(Cl)c(Cl)c2Cl)cc(OC)c1OC. The van der Waals surface area contributed by atoms with Gasteiger partial charge in [-0.05, 0) is 0 Å². The second kappa shape index (κ2) is 8.19. The van der Waals surface area contributed by atoms with E-state index >= 15 is 0 Å². The van der Waals surface area contributed by atoms with Crippen molar-refractivity contribution in [2.45, 2.75) is 0 Å². The van der Waals surface area contributed by atoms with Crippen LogP contribution in [-0.2, 0) is 0 Å². The number of hydrogen-bond acceptors (Lipinski definition) is 5. The molecule has 0 radical (unpaired) electrons. The molecule has 0 bridgehead atoms. The summed E-state index contributed by atoms with van der Waals surface area (Å²) >= 11 is 23.7. The lowest BCUT2D eigenvalue weighted by Gasteiger charge is -2.15. The van der Waals surface area contributed by atoms with Crippen molar-refractivity contribution in [3.8, 4) is 17.2 Å². The maximum atomic E-state index is 12.5. The third kappa shape index (κ3) is 3.98. The van der Waals surface area contributed by atoms with Crippen molar-refractivity contribution < 1.29 is 19.0 Å². The Hall–Kier alpha value is -1.60. The fourth-order valence-corrected chi connectivity index (χ4v) is 2.80. The minimum atomic E-state index is -0.639. The number of anilines is 1. The average molecular weight is 426 g/mol. The third-order valence-electron chi connectivity index (χ3n) is 3.12. The van der Waals surface area contributed by atoms with Crippen LogP contribution < -0.4 is 19.5 Å². The Morgan fingerprint density at radius 3 is 1.96 bits per heavy atom. The molecule has 0 aliphatic carbocycles. The van der Waals surface area contributed by atoms with Crippen LogP contribution in [0.3, 0.4) is 0 Å². The lowest BCUT2D eigenvalue weighted by atomic mass is 10.2. The molecule has 134 valence electrons. The lowest BCUT2D eigenvalue weighted by molar-refractivity contribution is 0.102. The highest BCUT2D eigenvalue weighted by atomic mass is 35.5. The molecule has 2 aromatic rings. The smallest absolute Gasteiger partial charge is 0.275 e. The Morgan fingerprint density at radius 2 is 1.48 bits per heavy atom. The van der Waals surface area contributed by atoms with Gasteiger partial charge in [-0.1, -0.05) is 46.4 Å². The minimum absolute atomic E-state index is 0.0299. The molecule has 0 saturated carbocycles. The molecular formula is C15H12Cl4N2O4. The number of carbonyl (C=O) groups excluding carboxylic acids is 1. The number of rotatable bonds is 5. The Labute approximate surface area is 163 Å². The maximum absolute atomic E-state index is 12.5. The van der Waals surface area contributed by atoms with Gasteiger partial charge < -0.3 is 19.5 Å². The number of aromatic nitrogens is 1. The molecule has 0 spiro atoms. The summed E-state index contributed by atoms with van der Waals surface area (Å²) in [6.07, 6.45) is 0. The second-order valence-corrected chi connectivity index (χ2v) is 6.05. The predicted molar refractivity (Wildman–Crippen MR) is 98.3 cm³/mol. The first-order valence-corrected chi connectivity index (χ1v) is 8.16. The summed E-state index contributed by atoms with van der Waals surface area (Å²) < 4.78 is 15.7. The van der Waals surface area contributed by atoms with Crippen molar-refractivity contribution in [2.75, 3.05) is 26.6 Å². The molecule has 0 fully saturated rings. The summed E-state index contributed by atoms with van der Waals surface area (Å²) in [6, 6.07) is 3.10. The van der Waals surface area contributed by atoms with Gasteiger partial charge in [0, 0.05) is 17.8 Å². The van der Waals surface area contributed by atoms with Gasteiger partial charge >= 0.3 is 0 Å². The van der Waals surface area contributed by atoms with Crippen molar-refractivity contribution in [1.29, 1.82) is 0 Å². The van der Waals surface area contributed by atoms with Crippen LogP contribution in [0, 0.1) is 0 Å². The molecule has 10 heteroatoms. The molecule has 25 heavy (non-hydrogen) atoms. The zero-order chi connectivity index (χ0) is 18.7. The van der Waals surface area contributed by atoms with Gasteiger partial charge in [-0.25, -0.2) is 4.98 Å². The number of nitrogens with zero attached hydrogens (tertiary/aromatic N) is 1. The first-order chi connectivity index (χ1) is 11.8. The van der Waals surface area contributed by atoms with E-state index in [2.05, 4.69) is 10.3 Å². The highest BCUT2D eigenvalue weighted by molar-refractivity contribution is 6.52. The molecule has 0 saturated heterocycles. The van der Waals surface area contributed by atoms with Gasteiger partial charge in [0.05, 0.1) is 36.4 Å². The standard InChI is InChI=1S/C15H12Cl4N2O4/c1-23-7-4-6(5-8(24-2)13(7)25-3)20-15(22)12-10(17)9(16)11(18)14(19)21-12/h4-5H,1-3H3,(H,20,22). The normalized spacial score (nSPS) is 10.4. The molecule has 0 aliphatic rings. The summed E-state index contributed by atoms with van der Waals surface area (Å²) in [5.41, 5.74) is 0.189. The number of nitrogens with one attached hydrogen (secondary N) is 1. The van der Waals surface area contributed by atoms with Crippen molar-refractivity contribution in [1.82, 2.24) is 4.98 Å². The van der Waals surface area contributed by atoms with Gasteiger partial charge in [0.15, 0.2) is 11.5 Å². The van der Waals surface area contributed by atoms with E-state index in [1.807, 2.05) is 0 Å². The number of carbonyl (C=O) groups is 1. The van der Waals surface area contributed by atoms with Gasteiger partial charge in [-0.2, -0.15) is 0 Å². The zero-order valence-corrected chi connectivity index (χ0v) is 16.3. The molecular weight excluding hydrogens is 414 g/mol. The number of pyridine rings is 1. The molecule has 0 aliphatic heterocycles. The summed E-state index contributed by atoms with van der Waals surface area (Å²) in [4.78, 5) is 16.3. The van der Waals surface area contributed by atoms with Crippen LogP contribution in [0.25, 0.3) is 0 Å². The monoisotopic (exact) mass is 424 g/mol. The van der Waals surface area contributed by atoms with Gasteiger partial charge in [0.1, 0.15) is 10.8 Å². The van der Waals surface area contributed by atoms with Crippen LogP contribution in [-0.4, -0.2) is 32.2 Å². The van der Waals surface area contributed by atoms with E-state index in [1.165, 1.54) is 21.3 Å². The fraction of sp³-hybridized carbons (Fsp3) is 0.200. The average Bonchev–Trinajstić information content (AvgIpc) is 2.61. The summed E-state index contributed by atoms with van der Waals surface area (Å²) in [5, 5.41) is 2.28. The fourth-order valence-electron chi connectivity index (χ4n) is 1.98. The Kier molecular flexibility index (Phi) is 6.46. The zero-order valence-electron chi connectivity index (χ0n) is 13.2. The van der Waals surface area contributed by atoms with Crippen molar-refractivity contribution in [2.24, 2.45) is 0 Å². The highest BCUT2D eigenvalue weighted by Crippen LogP contribution is 2.40. The van der Waals surface area contributed by atoms with Gasteiger partial charge in [0.2, 0.25) is 5.75 Å². The minimum Gasteiger partial charge on any atom is -0.493 e. The molecule has 1 amide bonds. The number of amides is 1. The Morgan fingerprint density at radius 1 is 0.920 bits per heavy atom. The Bertz CT molecular complexity index is 805. The van der Waals surface area contributed by atoms with Crippen LogP contribution >= 0.6 is 46.4 Å². The van der Waals surface area contributed by atoms with Crippen molar-refractivity contribution in [3.05, 3.63) is 38.0 Å². The van der Waals surface area contributed by atoms with Crippen LogP contribution in [0.1, 0.15) is 10.5 Å². The molecule has 1 N–H and O–H groups in total. The molecule has 1 aromatic carbocycles. The molecule has 0 unspecified atom stereocenters. The molecule has 1 aromatic heterocycles. The summed E-state index contributed by atoms with van der Waals surface area (Å²) in [5.74, 6) is 0.475. The van der Waals surface area contributed by atoms with Crippen LogP contribution in [0.15, 0.2) is 12.1 Å². The molecule has 2 rings (SSSR count). The first kappa shape index (κ1) is 19.7. The number of methoxy groups -OCH3 is 3. The van der Waals surface area contributed by atoms with E-state index in [9.17, 15) is 4.79 Å². The molecule has 6 nitrogen and oxygen atoms in total. The number of halogens is 4. The Balaban J connectivity index is 2.42. The largest absolute Gasteiger partial charge is 0.493 e. The van der Waals surface area contributed by atoms with Crippen LogP contribution in [0.5, 0.6) is 17.2 Å². The maximum Gasteiger partial charge on any atom is 0.275 e. The first-order valence-electron chi connectivity index (χ1n) is 6.65. The lowest BCUT2D eigenvalue weighted by Crippen LogP contribution is -2.15. The topological polar surface area (TPSA) is 69.7 Å².